The molecule has 3 heterocycles. The molecular formula is C32H30FN5O4. The van der Waals surface area contributed by atoms with E-state index in [2.05, 4.69) is 20.3 Å². The van der Waals surface area contributed by atoms with Crippen LogP contribution in [0.4, 0.5) is 4.39 Å². The fraction of sp³-hybridized carbons (Fsp3) is 0.219. The summed E-state index contributed by atoms with van der Waals surface area (Å²) in [5, 5.41) is 6.66. The average Bonchev–Trinajstić information content (AvgIpc) is 3.65. The van der Waals surface area contributed by atoms with Crippen LogP contribution in [0.1, 0.15) is 34.5 Å². The molecule has 1 saturated heterocycles. The van der Waals surface area contributed by atoms with E-state index in [4.69, 9.17) is 9.47 Å². The Morgan fingerprint density at radius 1 is 1.02 bits per heavy atom. The summed E-state index contributed by atoms with van der Waals surface area (Å²) in [4.78, 5) is 33.3. The van der Waals surface area contributed by atoms with Gasteiger partial charge in [-0.1, -0.05) is 24.3 Å². The number of nitrogens with zero attached hydrogens (tertiary/aromatic N) is 3. The standard InChI is InChI=1S/C32H30FN5O4/c1-41-23-10-11-24-26(18-23)34-14-13-28(24)42-29-12-9-21(17-25(29)33)19-35-31(39)30-27(20-37-15-5-6-16-37)36-38(32(30)40)22-7-3-2-4-8-22/h2-4,7-14,17-18,36H,5-6,15-16,19-20H2,1H3,(H,35,39). The number of nitrogens with one attached hydrogen (secondary N) is 2. The molecule has 2 N–H and O–H groups in total. The largest absolute Gasteiger partial charge is 0.497 e. The molecule has 1 aliphatic heterocycles. The van der Waals surface area contributed by atoms with E-state index in [0.717, 1.165) is 25.9 Å². The Kier molecular flexibility index (Phi) is 7.70. The minimum absolute atomic E-state index is 0.0348. The lowest BCUT2D eigenvalue weighted by atomic mass is 10.1. The van der Waals surface area contributed by atoms with Crippen molar-refractivity contribution in [2.45, 2.75) is 25.9 Å². The van der Waals surface area contributed by atoms with Gasteiger partial charge in [-0.3, -0.25) is 24.6 Å². The van der Waals surface area contributed by atoms with Gasteiger partial charge in [0, 0.05) is 30.7 Å². The number of likely N-dealkylation sites (tertiary alicyclic amines) is 1. The van der Waals surface area contributed by atoms with Gasteiger partial charge in [0.15, 0.2) is 11.6 Å². The summed E-state index contributed by atoms with van der Waals surface area (Å²) in [7, 11) is 1.58. The van der Waals surface area contributed by atoms with Crippen LogP contribution in [-0.2, 0) is 13.1 Å². The van der Waals surface area contributed by atoms with Crippen LogP contribution in [-0.4, -0.2) is 45.8 Å². The van der Waals surface area contributed by atoms with E-state index < -0.39 is 17.3 Å². The lowest BCUT2D eigenvalue weighted by Gasteiger charge is -2.14. The van der Waals surface area contributed by atoms with Crippen molar-refractivity contribution in [1.82, 2.24) is 25.0 Å². The molecule has 3 aromatic carbocycles. The highest BCUT2D eigenvalue weighted by Gasteiger charge is 2.24. The summed E-state index contributed by atoms with van der Waals surface area (Å²) in [6, 6.07) is 20.7. The van der Waals surface area contributed by atoms with E-state index in [1.54, 1.807) is 49.7 Å². The molecular weight excluding hydrogens is 537 g/mol. The molecule has 5 aromatic rings. The molecule has 0 spiro atoms. The van der Waals surface area contributed by atoms with Crippen LogP contribution in [0, 0.1) is 5.82 Å². The SMILES string of the molecule is COc1ccc2c(Oc3ccc(CNC(=O)c4c(CN5CCCC5)[nH]n(-c5ccccc5)c4=O)cc3F)ccnc2c1. The normalized spacial score (nSPS) is 13.4. The first kappa shape index (κ1) is 27.2. The van der Waals surface area contributed by atoms with Crippen molar-refractivity contribution >= 4 is 16.8 Å². The van der Waals surface area contributed by atoms with E-state index in [1.165, 1.54) is 16.8 Å². The van der Waals surface area contributed by atoms with Crippen LogP contribution >= 0.6 is 0 Å². The van der Waals surface area contributed by atoms with Crippen LogP contribution in [0.5, 0.6) is 17.2 Å². The molecule has 6 rings (SSSR count). The van der Waals surface area contributed by atoms with Gasteiger partial charge in [0.05, 0.1) is 24.0 Å². The average molecular weight is 568 g/mol. The molecule has 10 heteroatoms. The van der Waals surface area contributed by atoms with Gasteiger partial charge in [-0.25, -0.2) is 9.07 Å². The van der Waals surface area contributed by atoms with E-state index in [0.29, 0.717) is 45.9 Å². The second-order valence-electron chi connectivity index (χ2n) is 10.2. The number of para-hydroxylation sites is 1. The fourth-order valence-corrected chi connectivity index (χ4v) is 5.20. The number of methoxy groups -OCH3 is 1. The van der Waals surface area contributed by atoms with Crippen LogP contribution in [0.25, 0.3) is 16.6 Å². The number of amides is 1. The molecule has 2 aromatic heterocycles. The van der Waals surface area contributed by atoms with Crippen molar-refractivity contribution in [3.63, 3.8) is 0 Å². The van der Waals surface area contributed by atoms with E-state index in [1.807, 2.05) is 24.3 Å². The number of fused-ring (bicyclic) bond motifs is 1. The molecule has 214 valence electrons. The first-order valence-corrected chi connectivity index (χ1v) is 13.8. The Balaban J connectivity index is 1.19. The molecule has 0 atom stereocenters. The first-order valence-electron chi connectivity index (χ1n) is 13.8. The number of halogens is 1. The smallest absolute Gasteiger partial charge is 0.284 e. The third-order valence-electron chi connectivity index (χ3n) is 7.37. The predicted octanol–water partition coefficient (Wildman–Crippen LogP) is 5.18. The maximum atomic E-state index is 15.1. The number of hydrogen-bond donors (Lipinski definition) is 2. The van der Waals surface area contributed by atoms with Gasteiger partial charge in [-0.15, -0.1) is 0 Å². The van der Waals surface area contributed by atoms with Crippen molar-refractivity contribution in [3.05, 3.63) is 112 Å². The van der Waals surface area contributed by atoms with Gasteiger partial charge in [0.1, 0.15) is 17.1 Å². The molecule has 0 saturated carbocycles. The monoisotopic (exact) mass is 567 g/mol. The Bertz CT molecular complexity index is 1790. The van der Waals surface area contributed by atoms with Crippen LogP contribution in [0.2, 0.25) is 0 Å². The summed E-state index contributed by atoms with van der Waals surface area (Å²) < 4.78 is 27.6. The second-order valence-corrected chi connectivity index (χ2v) is 10.2. The summed E-state index contributed by atoms with van der Waals surface area (Å²) in [5.74, 6) is 0.0575. The summed E-state index contributed by atoms with van der Waals surface area (Å²) >= 11 is 0. The number of rotatable bonds is 9. The zero-order valence-corrected chi connectivity index (χ0v) is 23.1. The number of benzene rings is 3. The Morgan fingerprint density at radius 2 is 1.83 bits per heavy atom. The number of ether oxygens (including phenoxy) is 2. The van der Waals surface area contributed by atoms with Crippen molar-refractivity contribution < 1.29 is 18.7 Å². The number of aromatic amines is 1. The maximum absolute atomic E-state index is 15.1. The second kappa shape index (κ2) is 11.9. The molecule has 9 nitrogen and oxygen atoms in total. The molecule has 0 aliphatic carbocycles. The third kappa shape index (κ3) is 5.61. The van der Waals surface area contributed by atoms with Crippen molar-refractivity contribution in [2.24, 2.45) is 0 Å². The number of carbonyl (C=O) groups excluding carboxylic acids is 1. The van der Waals surface area contributed by atoms with Crippen LogP contribution < -0.4 is 20.3 Å². The van der Waals surface area contributed by atoms with Crippen molar-refractivity contribution in [3.8, 4) is 22.9 Å². The van der Waals surface area contributed by atoms with E-state index >= 15 is 4.39 Å². The zero-order valence-electron chi connectivity index (χ0n) is 23.1. The number of hydrogen-bond acceptors (Lipinski definition) is 6. The number of pyridine rings is 1. The van der Waals surface area contributed by atoms with E-state index in [9.17, 15) is 9.59 Å². The number of carbonyl (C=O) groups is 1. The lowest BCUT2D eigenvalue weighted by Crippen LogP contribution is -2.30. The third-order valence-corrected chi connectivity index (χ3v) is 7.37. The molecule has 0 unspecified atom stereocenters. The molecule has 0 radical (unpaired) electrons. The molecule has 1 fully saturated rings. The van der Waals surface area contributed by atoms with Gasteiger partial charge in [-0.05, 0) is 74.0 Å². The highest BCUT2D eigenvalue weighted by atomic mass is 19.1. The predicted molar refractivity (Wildman–Crippen MR) is 157 cm³/mol. The van der Waals surface area contributed by atoms with Crippen LogP contribution in [0.3, 0.4) is 0 Å². The summed E-state index contributed by atoms with van der Waals surface area (Å²) in [5.41, 5.74) is 2.02. The van der Waals surface area contributed by atoms with Crippen molar-refractivity contribution in [1.29, 1.82) is 0 Å². The maximum Gasteiger partial charge on any atom is 0.284 e. The van der Waals surface area contributed by atoms with Gasteiger partial charge < -0.3 is 14.8 Å². The minimum atomic E-state index is -0.581. The van der Waals surface area contributed by atoms with Crippen LogP contribution in [0.15, 0.2) is 83.8 Å². The highest BCUT2D eigenvalue weighted by Crippen LogP contribution is 2.32. The Morgan fingerprint density at radius 3 is 2.60 bits per heavy atom. The Labute approximate surface area is 241 Å². The quantitative estimate of drug-likeness (QED) is 0.255. The summed E-state index contributed by atoms with van der Waals surface area (Å²) in [6.45, 7) is 2.33. The van der Waals surface area contributed by atoms with Crippen molar-refractivity contribution in [2.75, 3.05) is 20.2 Å². The molecule has 42 heavy (non-hydrogen) atoms. The zero-order chi connectivity index (χ0) is 29.1. The van der Waals surface area contributed by atoms with Gasteiger partial charge >= 0.3 is 0 Å². The molecule has 1 aliphatic rings. The van der Waals surface area contributed by atoms with Gasteiger partial charge in [-0.2, -0.15) is 0 Å². The fourth-order valence-electron chi connectivity index (χ4n) is 5.20. The minimum Gasteiger partial charge on any atom is -0.497 e. The van der Waals surface area contributed by atoms with Gasteiger partial charge in [0.25, 0.3) is 11.5 Å². The number of H-pyrrole nitrogens is 1. The molecule has 1 amide bonds. The summed E-state index contributed by atoms with van der Waals surface area (Å²) in [6.07, 6.45) is 3.76. The first-order chi connectivity index (χ1) is 20.5. The Hall–Kier alpha value is -4.96. The lowest BCUT2D eigenvalue weighted by molar-refractivity contribution is 0.0948. The van der Waals surface area contributed by atoms with Gasteiger partial charge in [0.2, 0.25) is 0 Å². The highest BCUT2D eigenvalue weighted by molar-refractivity contribution is 5.95. The molecule has 0 bridgehead atoms. The van der Waals surface area contributed by atoms with E-state index in [-0.39, 0.29) is 17.9 Å². The topological polar surface area (TPSA) is 101 Å². The number of aromatic nitrogens is 3.